The van der Waals surface area contributed by atoms with Gasteiger partial charge in [0, 0.05) is 13.0 Å². The van der Waals surface area contributed by atoms with E-state index >= 15 is 0 Å². The lowest BCUT2D eigenvalue weighted by molar-refractivity contribution is -0.144. The zero-order valence-electron chi connectivity index (χ0n) is 5.35. The maximum atomic E-state index is 10.6. The molecule has 1 fully saturated rings. The molecule has 52 valence electrons. The quantitative estimate of drug-likeness (QED) is 0.465. The molecular weight excluding hydrogens is 118 g/mol. The molecule has 1 N–H and O–H groups in total. The highest BCUT2D eigenvalue weighted by atomic mass is 16.5. The maximum absolute atomic E-state index is 10.6. The third-order valence-electron chi connectivity index (χ3n) is 1.28. The Labute approximate surface area is 54.4 Å². The summed E-state index contributed by atoms with van der Waals surface area (Å²) in [6.07, 6.45) is 1.46. The Balaban J connectivity index is 2.20. The van der Waals surface area contributed by atoms with E-state index in [9.17, 15) is 4.79 Å². The second-order valence-corrected chi connectivity index (χ2v) is 2.07. The summed E-state index contributed by atoms with van der Waals surface area (Å²) in [6, 6.07) is 0. The van der Waals surface area contributed by atoms with Crippen LogP contribution in [0, 0.1) is 0 Å². The number of nitrogens with one attached hydrogen (secondary N) is 1. The van der Waals surface area contributed by atoms with Gasteiger partial charge >= 0.3 is 5.97 Å². The Bertz CT molecular complexity index is 93.2. The molecule has 0 atom stereocenters. The van der Waals surface area contributed by atoms with Crippen molar-refractivity contribution in [3.8, 4) is 0 Å². The molecule has 0 aromatic heterocycles. The molecule has 1 saturated heterocycles. The molecule has 3 heteroatoms. The molecular formula is C6H11NO2. The third kappa shape index (κ3) is 2.46. The average molecular weight is 129 g/mol. The van der Waals surface area contributed by atoms with Crippen molar-refractivity contribution >= 4 is 5.97 Å². The van der Waals surface area contributed by atoms with Crippen LogP contribution in [0.15, 0.2) is 0 Å². The normalized spacial score (nSPS) is 22.0. The molecule has 0 aliphatic carbocycles. The first-order valence-electron chi connectivity index (χ1n) is 3.26. The minimum absolute atomic E-state index is 0.0588. The maximum Gasteiger partial charge on any atom is 0.305 e. The van der Waals surface area contributed by atoms with E-state index in [-0.39, 0.29) is 5.97 Å². The topological polar surface area (TPSA) is 38.3 Å². The summed E-state index contributed by atoms with van der Waals surface area (Å²) in [4.78, 5) is 10.6. The summed E-state index contributed by atoms with van der Waals surface area (Å²) in [5, 5.41) is 3.13. The van der Waals surface area contributed by atoms with E-state index in [1.54, 1.807) is 0 Å². The van der Waals surface area contributed by atoms with Crippen molar-refractivity contribution in [1.82, 2.24) is 5.32 Å². The van der Waals surface area contributed by atoms with Gasteiger partial charge in [0.25, 0.3) is 0 Å². The number of esters is 1. The van der Waals surface area contributed by atoms with Gasteiger partial charge in [0.15, 0.2) is 0 Å². The molecule has 1 heterocycles. The van der Waals surface area contributed by atoms with Crippen LogP contribution in [-0.4, -0.2) is 25.7 Å². The van der Waals surface area contributed by atoms with Gasteiger partial charge in [-0.15, -0.1) is 0 Å². The van der Waals surface area contributed by atoms with Gasteiger partial charge in [0.05, 0.1) is 0 Å². The van der Waals surface area contributed by atoms with E-state index < -0.39 is 0 Å². The van der Waals surface area contributed by atoms with Crippen LogP contribution >= 0.6 is 0 Å². The van der Waals surface area contributed by atoms with Crippen LogP contribution < -0.4 is 5.32 Å². The van der Waals surface area contributed by atoms with Crippen LogP contribution in [0.5, 0.6) is 0 Å². The average Bonchev–Trinajstić information content (AvgIpc) is 1.79. The van der Waals surface area contributed by atoms with E-state index in [0.29, 0.717) is 13.0 Å². The number of carbonyl (C=O) groups excluding carboxylic acids is 1. The van der Waals surface area contributed by atoms with E-state index in [1.807, 2.05) is 0 Å². The minimum Gasteiger partial charge on any atom is -0.464 e. The van der Waals surface area contributed by atoms with E-state index in [1.165, 1.54) is 0 Å². The van der Waals surface area contributed by atoms with Crippen molar-refractivity contribution in [3.05, 3.63) is 0 Å². The van der Waals surface area contributed by atoms with Crippen molar-refractivity contribution in [2.45, 2.75) is 12.8 Å². The summed E-state index contributed by atoms with van der Waals surface area (Å²) in [5.74, 6) is -0.0588. The Kier molecular flexibility index (Phi) is 2.51. The predicted octanol–water partition coefficient (Wildman–Crippen LogP) is -0.0870. The fraction of sp³-hybridized carbons (Fsp3) is 0.833. The van der Waals surface area contributed by atoms with E-state index in [2.05, 4.69) is 5.32 Å². The Morgan fingerprint density at radius 2 is 2.33 bits per heavy atom. The number of ether oxygens (including phenoxy) is 1. The van der Waals surface area contributed by atoms with E-state index in [4.69, 9.17) is 4.74 Å². The Morgan fingerprint density at radius 3 is 3.22 bits per heavy atom. The largest absolute Gasteiger partial charge is 0.464 e. The van der Waals surface area contributed by atoms with Gasteiger partial charge in [0.2, 0.25) is 0 Å². The number of carbonyl (C=O) groups is 1. The molecule has 0 radical (unpaired) electrons. The Hall–Kier alpha value is -0.570. The predicted molar refractivity (Wildman–Crippen MR) is 33.1 cm³/mol. The fourth-order valence-corrected chi connectivity index (χ4v) is 0.792. The smallest absolute Gasteiger partial charge is 0.305 e. The molecule has 0 aromatic carbocycles. The second kappa shape index (κ2) is 3.45. The van der Waals surface area contributed by atoms with Crippen LogP contribution in [0.4, 0.5) is 0 Å². The first-order chi connectivity index (χ1) is 4.39. The zero-order chi connectivity index (χ0) is 6.53. The second-order valence-electron chi connectivity index (χ2n) is 2.07. The molecule has 1 aliphatic heterocycles. The molecule has 0 saturated carbocycles. The van der Waals surface area contributed by atoms with Gasteiger partial charge < -0.3 is 10.1 Å². The SMILES string of the molecule is O=C1CCCNCCO1. The summed E-state index contributed by atoms with van der Waals surface area (Å²) < 4.78 is 4.78. The fourth-order valence-electron chi connectivity index (χ4n) is 0.792. The zero-order valence-corrected chi connectivity index (χ0v) is 5.35. The molecule has 1 rings (SSSR count). The highest BCUT2D eigenvalue weighted by Crippen LogP contribution is 1.93. The summed E-state index contributed by atoms with van der Waals surface area (Å²) in [5.41, 5.74) is 0. The lowest BCUT2D eigenvalue weighted by Gasteiger charge is -2.09. The molecule has 0 spiro atoms. The number of cyclic esters (lactones) is 1. The van der Waals surface area contributed by atoms with Crippen LogP contribution in [0.25, 0.3) is 0 Å². The van der Waals surface area contributed by atoms with Crippen molar-refractivity contribution in [3.63, 3.8) is 0 Å². The van der Waals surface area contributed by atoms with Crippen LogP contribution in [-0.2, 0) is 9.53 Å². The lowest BCUT2D eigenvalue weighted by Crippen LogP contribution is -2.26. The summed E-state index contributed by atoms with van der Waals surface area (Å²) in [7, 11) is 0. The number of rotatable bonds is 0. The van der Waals surface area contributed by atoms with Crippen molar-refractivity contribution in [1.29, 1.82) is 0 Å². The van der Waals surface area contributed by atoms with Gasteiger partial charge in [-0.25, -0.2) is 0 Å². The summed E-state index contributed by atoms with van der Waals surface area (Å²) >= 11 is 0. The van der Waals surface area contributed by atoms with Gasteiger partial charge in [0.1, 0.15) is 6.61 Å². The van der Waals surface area contributed by atoms with Crippen LogP contribution in [0.2, 0.25) is 0 Å². The van der Waals surface area contributed by atoms with Crippen molar-refractivity contribution in [2.24, 2.45) is 0 Å². The highest BCUT2D eigenvalue weighted by molar-refractivity contribution is 5.69. The minimum atomic E-state index is -0.0588. The van der Waals surface area contributed by atoms with Crippen LogP contribution in [0.3, 0.4) is 0 Å². The molecule has 0 amide bonds. The standard InChI is InChI=1S/C6H11NO2/c8-6-2-1-3-7-4-5-9-6/h7H,1-5H2. The molecule has 9 heavy (non-hydrogen) atoms. The first-order valence-corrected chi connectivity index (χ1v) is 3.26. The highest BCUT2D eigenvalue weighted by Gasteiger charge is 2.04. The van der Waals surface area contributed by atoms with E-state index in [0.717, 1.165) is 19.5 Å². The molecule has 0 aromatic rings. The molecule has 0 unspecified atom stereocenters. The number of hydrogen-bond acceptors (Lipinski definition) is 3. The summed E-state index contributed by atoms with van der Waals surface area (Å²) in [6.45, 7) is 2.26. The van der Waals surface area contributed by atoms with Gasteiger partial charge in [-0.3, -0.25) is 4.79 Å². The Morgan fingerprint density at radius 1 is 1.44 bits per heavy atom. The van der Waals surface area contributed by atoms with Crippen molar-refractivity contribution in [2.75, 3.05) is 19.7 Å². The van der Waals surface area contributed by atoms with Crippen molar-refractivity contribution < 1.29 is 9.53 Å². The van der Waals surface area contributed by atoms with Gasteiger partial charge in [-0.2, -0.15) is 0 Å². The van der Waals surface area contributed by atoms with Crippen LogP contribution in [0.1, 0.15) is 12.8 Å². The monoisotopic (exact) mass is 129 g/mol. The molecule has 1 aliphatic rings. The molecule has 0 bridgehead atoms. The lowest BCUT2D eigenvalue weighted by atomic mass is 10.3. The number of hydrogen-bond donors (Lipinski definition) is 1. The van der Waals surface area contributed by atoms with Gasteiger partial charge in [-0.05, 0) is 13.0 Å². The van der Waals surface area contributed by atoms with Gasteiger partial charge in [-0.1, -0.05) is 0 Å². The molecule has 3 nitrogen and oxygen atoms in total. The first kappa shape index (κ1) is 6.55. The third-order valence-corrected chi connectivity index (χ3v) is 1.28.